The van der Waals surface area contributed by atoms with E-state index in [4.69, 9.17) is 5.73 Å². The molecule has 1 fully saturated rings. The fourth-order valence-electron chi connectivity index (χ4n) is 4.25. The zero-order valence-electron chi connectivity index (χ0n) is 21.1. The van der Waals surface area contributed by atoms with E-state index in [-0.39, 0.29) is 35.3 Å². The summed E-state index contributed by atoms with van der Waals surface area (Å²) in [4.78, 5) is 48.7. The molecule has 0 radical (unpaired) electrons. The summed E-state index contributed by atoms with van der Waals surface area (Å²) in [5.74, 6) is -0.682. The molecule has 0 spiro atoms. The Bertz CT molecular complexity index is 1330. The van der Waals surface area contributed by atoms with Crippen LogP contribution in [0.5, 0.6) is 0 Å². The number of nitrogens with one attached hydrogen (secondary N) is 3. The van der Waals surface area contributed by atoms with Crippen LogP contribution >= 0.6 is 0 Å². The van der Waals surface area contributed by atoms with Crippen LogP contribution in [0.15, 0.2) is 54.7 Å². The van der Waals surface area contributed by atoms with Gasteiger partial charge in [0.05, 0.1) is 0 Å². The van der Waals surface area contributed by atoms with Crippen molar-refractivity contribution in [3.63, 3.8) is 0 Å². The molecule has 0 bridgehead atoms. The molecule has 11 nitrogen and oxygen atoms in total. The minimum absolute atomic E-state index is 0.147. The van der Waals surface area contributed by atoms with Gasteiger partial charge in [-0.15, -0.1) is 0 Å². The van der Waals surface area contributed by atoms with Crippen molar-refractivity contribution in [1.82, 2.24) is 14.9 Å². The van der Waals surface area contributed by atoms with Gasteiger partial charge in [0.1, 0.15) is 17.2 Å². The number of piperidine rings is 1. The maximum absolute atomic E-state index is 13.2. The fraction of sp³-hybridized carbons (Fsp3) is 0.269. The summed E-state index contributed by atoms with van der Waals surface area (Å²) in [5, 5.41) is 8.59. The first-order valence-electron chi connectivity index (χ1n) is 12.1. The van der Waals surface area contributed by atoms with Crippen molar-refractivity contribution in [2.45, 2.75) is 25.8 Å². The Kier molecular flexibility index (Phi) is 8.00. The van der Waals surface area contributed by atoms with Gasteiger partial charge < -0.3 is 31.5 Å². The maximum Gasteiger partial charge on any atom is 0.321 e. The van der Waals surface area contributed by atoms with Crippen molar-refractivity contribution < 1.29 is 18.8 Å². The quantitative estimate of drug-likeness (QED) is 0.373. The summed E-state index contributed by atoms with van der Waals surface area (Å²) in [5.41, 5.74) is 7.51. The molecular weight excluding hydrogens is 491 g/mol. The predicted octanol–water partition coefficient (Wildman–Crippen LogP) is 3.55. The summed E-state index contributed by atoms with van der Waals surface area (Å²) in [6.07, 6.45) is 2.87. The van der Waals surface area contributed by atoms with E-state index in [1.807, 2.05) is 4.90 Å². The lowest BCUT2D eigenvalue weighted by atomic mass is 10.0. The van der Waals surface area contributed by atoms with Crippen LogP contribution in [-0.4, -0.2) is 58.9 Å². The normalized spacial score (nSPS) is 14.9. The molecule has 2 heterocycles. The fourth-order valence-corrected chi connectivity index (χ4v) is 4.25. The van der Waals surface area contributed by atoms with E-state index in [9.17, 15) is 18.8 Å². The third-order valence-electron chi connectivity index (χ3n) is 6.13. The number of anilines is 5. The highest BCUT2D eigenvalue weighted by molar-refractivity contribution is 5.97. The molecule has 0 aliphatic carbocycles. The van der Waals surface area contributed by atoms with E-state index < -0.39 is 5.91 Å². The van der Waals surface area contributed by atoms with Gasteiger partial charge in [-0.25, -0.2) is 14.2 Å². The van der Waals surface area contributed by atoms with Gasteiger partial charge in [-0.2, -0.15) is 4.98 Å². The van der Waals surface area contributed by atoms with E-state index in [0.29, 0.717) is 36.0 Å². The number of benzene rings is 2. The van der Waals surface area contributed by atoms with Crippen LogP contribution in [0.1, 0.15) is 30.1 Å². The number of rotatable bonds is 7. The van der Waals surface area contributed by atoms with Crippen LogP contribution in [0.3, 0.4) is 0 Å². The van der Waals surface area contributed by atoms with Crippen molar-refractivity contribution in [2.24, 2.45) is 5.73 Å². The highest BCUT2D eigenvalue weighted by Crippen LogP contribution is 2.26. The lowest BCUT2D eigenvalue weighted by Gasteiger charge is -2.38. The number of likely N-dealkylation sites (tertiary alicyclic amines) is 1. The van der Waals surface area contributed by atoms with Gasteiger partial charge in [0.2, 0.25) is 11.9 Å². The van der Waals surface area contributed by atoms with Gasteiger partial charge >= 0.3 is 6.03 Å². The Morgan fingerprint density at radius 1 is 1.08 bits per heavy atom. The Morgan fingerprint density at radius 3 is 2.53 bits per heavy atom. The molecule has 5 N–H and O–H groups in total. The third-order valence-corrected chi connectivity index (χ3v) is 6.13. The van der Waals surface area contributed by atoms with Crippen molar-refractivity contribution in [3.8, 4) is 0 Å². The number of nitrogens with zero attached hydrogens (tertiary/aromatic N) is 4. The first-order valence-corrected chi connectivity index (χ1v) is 12.1. The molecular formula is C26H29FN8O3. The molecule has 38 heavy (non-hydrogen) atoms. The predicted molar refractivity (Wildman–Crippen MR) is 143 cm³/mol. The maximum atomic E-state index is 13.2. The second-order valence-electron chi connectivity index (χ2n) is 8.97. The standard InChI is InChI=1S/C26H29FN8O3/c1-16(36)30-19-5-3-6-20(13-19)31-25-29-14-22(23(28)37)24(33-25)34(2)21-7-4-12-35(15-21)26(38)32-18-10-8-17(27)9-11-18/h3,5-6,8-11,13-14,21H,4,7,12,15H2,1-2H3,(H2,28,37)(H,30,36)(H,32,38)(H,29,31,33). The molecule has 198 valence electrons. The topological polar surface area (TPSA) is 146 Å². The SMILES string of the molecule is CC(=O)Nc1cccc(Nc2ncc(C(N)=O)c(N(C)C3CCCN(C(=O)Nc4ccc(F)cc4)C3)n2)c1. The van der Waals surface area contributed by atoms with Crippen LogP contribution in [0.25, 0.3) is 0 Å². The highest BCUT2D eigenvalue weighted by atomic mass is 19.1. The van der Waals surface area contributed by atoms with Crippen LogP contribution in [0, 0.1) is 5.82 Å². The summed E-state index contributed by atoms with van der Waals surface area (Å²) in [6.45, 7) is 2.36. The molecule has 12 heteroatoms. The van der Waals surface area contributed by atoms with E-state index in [1.54, 1.807) is 36.2 Å². The van der Waals surface area contributed by atoms with Gasteiger partial charge in [0.15, 0.2) is 0 Å². The number of aromatic nitrogens is 2. The van der Waals surface area contributed by atoms with Gasteiger partial charge in [-0.3, -0.25) is 9.59 Å². The van der Waals surface area contributed by atoms with Gasteiger partial charge in [0, 0.05) is 56.4 Å². The van der Waals surface area contributed by atoms with Gasteiger partial charge in [-0.1, -0.05) is 6.07 Å². The number of carbonyl (C=O) groups excluding carboxylic acids is 3. The molecule has 1 saturated heterocycles. The Balaban J connectivity index is 1.51. The molecule has 1 aliphatic rings. The van der Waals surface area contributed by atoms with Crippen LogP contribution in [0.2, 0.25) is 0 Å². The smallest absolute Gasteiger partial charge is 0.321 e. The Morgan fingerprint density at radius 2 is 1.82 bits per heavy atom. The average Bonchev–Trinajstić information content (AvgIpc) is 2.89. The zero-order valence-corrected chi connectivity index (χ0v) is 21.1. The summed E-state index contributed by atoms with van der Waals surface area (Å²) < 4.78 is 13.2. The first-order chi connectivity index (χ1) is 18.2. The second kappa shape index (κ2) is 11.5. The number of amides is 4. The number of carbonyl (C=O) groups is 3. The minimum Gasteiger partial charge on any atom is -0.365 e. The van der Waals surface area contributed by atoms with E-state index in [2.05, 4.69) is 25.9 Å². The van der Waals surface area contributed by atoms with Crippen LogP contribution < -0.4 is 26.6 Å². The number of likely N-dealkylation sites (N-methyl/N-ethyl adjacent to an activating group) is 1. The van der Waals surface area contributed by atoms with Crippen molar-refractivity contribution in [2.75, 3.05) is 41.0 Å². The molecule has 4 amide bonds. The number of primary amides is 1. The monoisotopic (exact) mass is 520 g/mol. The highest BCUT2D eigenvalue weighted by Gasteiger charge is 2.29. The minimum atomic E-state index is -0.673. The lowest BCUT2D eigenvalue weighted by Crippen LogP contribution is -2.50. The largest absolute Gasteiger partial charge is 0.365 e. The number of hydrogen-bond donors (Lipinski definition) is 4. The van der Waals surface area contributed by atoms with Crippen LogP contribution in [-0.2, 0) is 4.79 Å². The number of hydrogen-bond acceptors (Lipinski definition) is 7. The van der Waals surface area contributed by atoms with Crippen LogP contribution in [0.4, 0.5) is 38.0 Å². The van der Waals surface area contributed by atoms with E-state index >= 15 is 0 Å². The molecule has 0 saturated carbocycles. The molecule has 1 aromatic heterocycles. The first kappa shape index (κ1) is 26.3. The van der Waals surface area contributed by atoms with Crippen molar-refractivity contribution in [1.29, 1.82) is 0 Å². The lowest BCUT2D eigenvalue weighted by molar-refractivity contribution is -0.114. The molecule has 1 unspecified atom stereocenters. The number of halogens is 1. The summed E-state index contributed by atoms with van der Waals surface area (Å²) in [6, 6.07) is 12.2. The second-order valence-corrected chi connectivity index (χ2v) is 8.97. The molecule has 3 aromatic rings. The summed E-state index contributed by atoms with van der Waals surface area (Å²) >= 11 is 0. The molecule has 1 aliphatic heterocycles. The Labute approximate surface area is 219 Å². The van der Waals surface area contributed by atoms with Gasteiger partial charge in [-0.05, 0) is 55.3 Å². The molecule has 4 rings (SSSR count). The Hall–Kier alpha value is -4.74. The van der Waals surface area contributed by atoms with E-state index in [0.717, 1.165) is 12.8 Å². The van der Waals surface area contributed by atoms with Crippen molar-refractivity contribution in [3.05, 3.63) is 66.1 Å². The third kappa shape index (κ3) is 6.52. The van der Waals surface area contributed by atoms with Crippen molar-refractivity contribution >= 4 is 46.7 Å². The summed E-state index contributed by atoms with van der Waals surface area (Å²) in [7, 11) is 1.79. The molecule has 1 atom stereocenters. The number of nitrogens with two attached hydrogens (primary N) is 1. The number of urea groups is 1. The zero-order chi connectivity index (χ0) is 27.2. The van der Waals surface area contributed by atoms with E-state index in [1.165, 1.54) is 37.4 Å². The van der Waals surface area contributed by atoms with Gasteiger partial charge in [0.25, 0.3) is 5.91 Å². The molecule has 2 aromatic carbocycles. The average molecular weight is 521 g/mol.